The molecule has 1 aromatic rings. The molecule has 0 unspecified atom stereocenters. The van der Waals surface area contributed by atoms with Gasteiger partial charge in [0.1, 0.15) is 0 Å². The smallest absolute Gasteiger partial charge is 0.181 e. The number of unbranched alkanes of at least 4 members (excludes halogenated alkanes) is 6. The molecule has 2 heteroatoms. The second-order valence-electron chi connectivity index (χ2n) is 4.39. The topological polar surface area (TPSA) is 22.0 Å². The average molecular weight is 221 g/mol. The van der Waals surface area contributed by atoms with E-state index >= 15 is 0 Å². The van der Waals surface area contributed by atoms with Crippen molar-refractivity contribution in [2.24, 2.45) is 0 Å². The van der Waals surface area contributed by atoms with Crippen LogP contribution in [0.5, 0.6) is 0 Å². The number of pyridine rings is 1. The van der Waals surface area contributed by atoms with Gasteiger partial charge in [-0.05, 0) is 6.42 Å². The molecule has 0 N–H and O–H groups in total. The first-order chi connectivity index (χ1) is 7.83. The van der Waals surface area contributed by atoms with Gasteiger partial charge in [-0.2, -0.15) is 0 Å². The highest BCUT2D eigenvalue weighted by Crippen LogP contribution is 2.07. The maximum Gasteiger partial charge on any atom is 0.181 e. The third kappa shape index (κ3) is 5.74. The summed E-state index contributed by atoms with van der Waals surface area (Å²) in [5, 5.41) is 0. The highest BCUT2D eigenvalue weighted by atomic mass is 16.1. The van der Waals surface area contributed by atoms with Crippen LogP contribution in [0, 0.1) is 0 Å². The van der Waals surface area contributed by atoms with E-state index in [0.717, 1.165) is 6.54 Å². The van der Waals surface area contributed by atoms with Gasteiger partial charge in [0, 0.05) is 31.1 Å². The first-order valence-electron chi connectivity index (χ1n) is 6.49. The van der Waals surface area contributed by atoms with Crippen LogP contribution in [0.3, 0.4) is 0 Å². The van der Waals surface area contributed by atoms with Gasteiger partial charge >= 0.3 is 0 Å². The van der Waals surface area contributed by atoms with Gasteiger partial charge in [-0.3, -0.25) is 4.79 Å². The van der Waals surface area contributed by atoms with E-state index in [1.165, 1.54) is 44.9 Å². The van der Waals surface area contributed by atoms with Crippen molar-refractivity contribution >= 4 is 0 Å². The second-order valence-corrected chi connectivity index (χ2v) is 4.39. The van der Waals surface area contributed by atoms with Crippen molar-refractivity contribution in [1.29, 1.82) is 0 Å². The van der Waals surface area contributed by atoms with Crippen LogP contribution in [0.15, 0.2) is 29.3 Å². The van der Waals surface area contributed by atoms with Gasteiger partial charge in [0.2, 0.25) is 0 Å². The third-order valence-electron chi connectivity index (χ3n) is 2.88. The van der Waals surface area contributed by atoms with Crippen molar-refractivity contribution in [3.8, 4) is 0 Å². The molecule has 0 atom stereocenters. The van der Waals surface area contributed by atoms with E-state index in [9.17, 15) is 4.79 Å². The van der Waals surface area contributed by atoms with Crippen LogP contribution in [0.2, 0.25) is 0 Å². The van der Waals surface area contributed by atoms with Gasteiger partial charge in [-0.1, -0.05) is 45.4 Å². The van der Waals surface area contributed by atoms with Gasteiger partial charge in [-0.15, -0.1) is 0 Å². The van der Waals surface area contributed by atoms with Crippen molar-refractivity contribution < 1.29 is 0 Å². The Morgan fingerprint density at radius 3 is 2.12 bits per heavy atom. The summed E-state index contributed by atoms with van der Waals surface area (Å²) in [6.07, 6.45) is 13.1. The molecule has 0 amide bonds. The van der Waals surface area contributed by atoms with E-state index in [0.29, 0.717) is 0 Å². The molecular formula is C14H23NO. The molecule has 0 saturated carbocycles. The van der Waals surface area contributed by atoms with Gasteiger partial charge in [0.15, 0.2) is 5.43 Å². The number of hydrogen-bond acceptors (Lipinski definition) is 1. The monoisotopic (exact) mass is 221 g/mol. The van der Waals surface area contributed by atoms with E-state index in [4.69, 9.17) is 0 Å². The Kier molecular flexibility index (Phi) is 6.62. The number of nitrogens with zero attached hydrogens (tertiary/aromatic N) is 1. The minimum Gasteiger partial charge on any atom is -0.354 e. The quantitative estimate of drug-likeness (QED) is 0.615. The molecule has 0 radical (unpaired) electrons. The Balaban J connectivity index is 2.03. The van der Waals surface area contributed by atoms with E-state index in [1.807, 2.05) is 12.4 Å². The minimum atomic E-state index is 0.0933. The molecule has 0 spiro atoms. The molecule has 2 nitrogen and oxygen atoms in total. The molecule has 90 valence electrons. The van der Waals surface area contributed by atoms with E-state index < -0.39 is 0 Å². The maximum absolute atomic E-state index is 10.9. The minimum absolute atomic E-state index is 0.0933. The van der Waals surface area contributed by atoms with Crippen LogP contribution in [0.4, 0.5) is 0 Å². The zero-order valence-electron chi connectivity index (χ0n) is 10.3. The molecule has 1 aromatic heterocycles. The molecule has 1 heterocycles. The summed E-state index contributed by atoms with van der Waals surface area (Å²) < 4.78 is 2.09. The number of aromatic nitrogens is 1. The summed E-state index contributed by atoms with van der Waals surface area (Å²) in [4.78, 5) is 10.9. The van der Waals surface area contributed by atoms with E-state index in [2.05, 4.69) is 11.5 Å². The Hall–Kier alpha value is -1.05. The summed E-state index contributed by atoms with van der Waals surface area (Å²) in [5.74, 6) is 0. The lowest BCUT2D eigenvalue weighted by molar-refractivity contribution is 0.548. The molecule has 1 rings (SSSR count). The van der Waals surface area contributed by atoms with Crippen molar-refractivity contribution in [3.05, 3.63) is 34.7 Å². The van der Waals surface area contributed by atoms with E-state index in [-0.39, 0.29) is 5.43 Å². The molecule has 0 aromatic carbocycles. The summed E-state index contributed by atoms with van der Waals surface area (Å²) in [6, 6.07) is 3.25. The zero-order chi connectivity index (χ0) is 11.6. The van der Waals surface area contributed by atoms with Crippen molar-refractivity contribution in [1.82, 2.24) is 4.57 Å². The van der Waals surface area contributed by atoms with E-state index in [1.54, 1.807) is 12.1 Å². The van der Waals surface area contributed by atoms with Crippen LogP contribution in [-0.4, -0.2) is 4.57 Å². The normalized spacial score (nSPS) is 10.6. The predicted octanol–water partition coefficient (Wildman–Crippen LogP) is 3.60. The van der Waals surface area contributed by atoms with Crippen LogP contribution in [0.1, 0.15) is 51.9 Å². The Morgan fingerprint density at radius 1 is 0.938 bits per heavy atom. The standard InChI is InChI=1S/C14H23NO/c1-2-3-4-5-6-7-8-11-15-12-9-14(16)10-13-15/h9-10,12-13H,2-8,11H2,1H3. The second kappa shape index (κ2) is 8.14. The fraction of sp³-hybridized carbons (Fsp3) is 0.643. The highest BCUT2D eigenvalue weighted by Gasteiger charge is 1.92. The Morgan fingerprint density at radius 2 is 1.50 bits per heavy atom. The molecule has 0 saturated heterocycles. The van der Waals surface area contributed by atoms with Crippen LogP contribution in [-0.2, 0) is 6.54 Å². The zero-order valence-corrected chi connectivity index (χ0v) is 10.3. The van der Waals surface area contributed by atoms with Crippen molar-refractivity contribution in [2.75, 3.05) is 0 Å². The van der Waals surface area contributed by atoms with Crippen molar-refractivity contribution in [2.45, 2.75) is 58.4 Å². The molecule has 16 heavy (non-hydrogen) atoms. The molecule has 0 aliphatic heterocycles. The lowest BCUT2D eigenvalue weighted by Gasteiger charge is -2.05. The highest BCUT2D eigenvalue weighted by molar-refractivity contribution is 4.93. The Bertz CT molecular complexity index is 309. The van der Waals surface area contributed by atoms with Crippen LogP contribution < -0.4 is 5.43 Å². The SMILES string of the molecule is CCCCCCCCCn1ccc(=O)cc1. The number of rotatable bonds is 8. The average Bonchev–Trinajstić information content (AvgIpc) is 2.30. The van der Waals surface area contributed by atoms with Crippen LogP contribution in [0.25, 0.3) is 0 Å². The fourth-order valence-corrected chi connectivity index (χ4v) is 1.84. The van der Waals surface area contributed by atoms with Gasteiger partial charge < -0.3 is 4.57 Å². The molecule has 0 bridgehead atoms. The van der Waals surface area contributed by atoms with Gasteiger partial charge in [-0.25, -0.2) is 0 Å². The number of aryl methyl sites for hydroxylation is 1. The fourth-order valence-electron chi connectivity index (χ4n) is 1.84. The maximum atomic E-state index is 10.9. The van der Waals surface area contributed by atoms with Gasteiger partial charge in [0.25, 0.3) is 0 Å². The largest absolute Gasteiger partial charge is 0.354 e. The third-order valence-corrected chi connectivity index (χ3v) is 2.88. The van der Waals surface area contributed by atoms with Crippen molar-refractivity contribution in [3.63, 3.8) is 0 Å². The summed E-state index contributed by atoms with van der Waals surface area (Å²) in [7, 11) is 0. The van der Waals surface area contributed by atoms with Gasteiger partial charge in [0.05, 0.1) is 0 Å². The summed E-state index contributed by atoms with van der Waals surface area (Å²) in [6.45, 7) is 3.28. The molecule has 0 aliphatic carbocycles. The van der Waals surface area contributed by atoms with Crippen LogP contribution >= 0.6 is 0 Å². The molecule has 0 fully saturated rings. The molecular weight excluding hydrogens is 198 g/mol. The summed E-state index contributed by atoms with van der Waals surface area (Å²) in [5.41, 5.74) is 0.0933. The predicted molar refractivity (Wildman–Crippen MR) is 68.7 cm³/mol. The lowest BCUT2D eigenvalue weighted by atomic mass is 10.1. The first kappa shape index (κ1) is 13.0. The summed E-state index contributed by atoms with van der Waals surface area (Å²) >= 11 is 0. The number of hydrogen-bond donors (Lipinski definition) is 0. The Labute approximate surface area is 98.3 Å². The molecule has 0 aliphatic rings. The first-order valence-corrected chi connectivity index (χ1v) is 6.49. The lowest BCUT2D eigenvalue weighted by Crippen LogP contribution is -2.03.